The predicted octanol–water partition coefficient (Wildman–Crippen LogP) is 2.46. The maximum Gasteiger partial charge on any atom is 0.416 e. The number of rotatable bonds is 4. The minimum atomic E-state index is -4.71. The van der Waals surface area contributed by atoms with Crippen molar-refractivity contribution in [3.63, 3.8) is 0 Å². The molecule has 0 amide bonds. The first-order valence-electron chi connectivity index (χ1n) is 7.31. The lowest BCUT2D eigenvalue weighted by atomic mass is 10.1. The molecule has 0 radical (unpaired) electrons. The first-order valence-corrected chi connectivity index (χ1v) is 9.21. The van der Waals surface area contributed by atoms with Crippen molar-refractivity contribution in [1.82, 2.24) is 4.98 Å². The molecule has 0 aliphatic heterocycles. The number of sulfone groups is 1. The van der Waals surface area contributed by atoms with E-state index in [9.17, 15) is 21.6 Å². The van der Waals surface area contributed by atoms with E-state index in [4.69, 9.17) is 5.11 Å². The molecule has 0 saturated heterocycles. The molecule has 0 atom stereocenters. The highest BCUT2D eigenvalue weighted by Gasteiger charge is 2.34. The first-order chi connectivity index (χ1) is 12.1. The van der Waals surface area contributed by atoms with Crippen molar-refractivity contribution in [3.05, 3.63) is 53.2 Å². The van der Waals surface area contributed by atoms with Crippen LogP contribution in [-0.4, -0.2) is 31.4 Å². The van der Waals surface area contributed by atoms with E-state index < -0.39 is 26.5 Å². The second-order valence-corrected chi connectivity index (χ2v) is 7.32. The Labute approximate surface area is 148 Å². The average Bonchev–Trinajstić information content (AvgIpc) is 2.57. The molecule has 9 heteroatoms. The number of aliphatic hydroxyl groups excluding tert-OH is 1. The lowest BCUT2D eigenvalue weighted by Gasteiger charge is -2.15. The lowest BCUT2D eigenvalue weighted by molar-refractivity contribution is -0.138. The van der Waals surface area contributed by atoms with Crippen molar-refractivity contribution >= 4 is 15.7 Å². The second-order valence-electron chi connectivity index (χ2n) is 5.30. The standard InChI is InChI=1S/C17H15F3N2O3S/c1-26(24,25)14-7-6-13(15(10-14)17(18,19)20)11-22-16-12(5-3-9-23)4-2-8-21-16/h2,4,6-8,10,23H,9,11H2,1H3,(H,21,22). The van der Waals surface area contributed by atoms with Gasteiger partial charge in [0.2, 0.25) is 0 Å². The molecule has 0 saturated carbocycles. The van der Waals surface area contributed by atoms with Gasteiger partial charge in [0.1, 0.15) is 12.4 Å². The van der Waals surface area contributed by atoms with E-state index in [-0.39, 0.29) is 24.5 Å². The number of aliphatic hydroxyl groups is 1. The molecule has 0 spiro atoms. The topological polar surface area (TPSA) is 79.3 Å². The van der Waals surface area contributed by atoms with E-state index >= 15 is 0 Å². The Morgan fingerprint density at radius 3 is 2.62 bits per heavy atom. The number of hydrogen-bond donors (Lipinski definition) is 2. The summed E-state index contributed by atoms with van der Waals surface area (Å²) in [6.07, 6.45) is -2.41. The molecule has 0 unspecified atom stereocenters. The zero-order valence-corrected chi connectivity index (χ0v) is 14.4. The van der Waals surface area contributed by atoms with Crippen molar-refractivity contribution in [1.29, 1.82) is 0 Å². The second kappa shape index (κ2) is 7.76. The molecule has 5 nitrogen and oxygen atoms in total. The summed E-state index contributed by atoms with van der Waals surface area (Å²) in [4.78, 5) is 3.62. The summed E-state index contributed by atoms with van der Waals surface area (Å²) in [6.45, 7) is -0.594. The Hall–Kier alpha value is -2.57. The highest BCUT2D eigenvalue weighted by Crippen LogP contribution is 2.34. The van der Waals surface area contributed by atoms with Gasteiger partial charge in [0.25, 0.3) is 0 Å². The van der Waals surface area contributed by atoms with Crippen LogP contribution < -0.4 is 5.32 Å². The van der Waals surface area contributed by atoms with Crippen molar-refractivity contribution in [2.45, 2.75) is 17.6 Å². The van der Waals surface area contributed by atoms with Gasteiger partial charge >= 0.3 is 6.18 Å². The normalized spacial score (nSPS) is 11.6. The Balaban J connectivity index is 2.36. The summed E-state index contributed by atoms with van der Waals surface area (Å²) in [5.41, 5.74) is -0.744. The predicted molar refractivity (Wildman–Crippen MR) is 90.1 cm³/mol. The van der Waals surface area contributed by atoms with Gasteiger partial charge in [-0.2, -0.15) is 13.2 Å². The smallest absolute Gasteiger partial charge is 0.384 e. The van der Waals surface area contributed by atoms with Crippen LogP contribution in [0.3, 0.4) is 0 Å². The van der Waals surface area contributed by atoms with Gasteiger partial charge in [-0.25, -0.2) is 13.4 Å². The van der Waals surface area contributed by atoms with Gasteiger partial charge in [0.05, 0.1) is 16.0 Å². The molecule has 0 bridgehead atoms. The average molecular weight is 384 g/mol. The van der Waals surface area contributed by atoms with Crippen molar-refractivity contribution < 1.29 is 26.7 Å². The Kier molecular flexibility index (Phi) is 5.90. The Morgan fingerprint density at radius 2 is 2.00 bits per heavy atom. The van der Waals surface area contributed by atoms with Crippen LogP contribution in [0.1, 0.15) is 16.7 Å². The number of hydrogen-bond acceptors (Lipinski definition) is 5. The zero-order chi connectivity index (χ0) is 19.4. The van der Waals surface area contributed by atoms with Crippen molar-refractivity contribution in [2.24, 2.45) is 0 Å². The molecule has 0 aliphatic rings. The quantitative estimate of drug-likeness (QED) is 0.792. The van der Waals surface area contributed by atoms with E-state index in [1.165, 1.54) is 6.20 Å². The number of pyridine rings is 1. The summed E-state index contributed by atoms with van der Waals surface area (Å²) in [5.74, 6) is 5.35. The molecule has 1 aromatic heterocycles. The Bertz CT molecular complexity index is 961. The molecule has 138 valence electrons. The molecule has 1 aromatic carbocycles. The number of aromatic nitrogens is 1. The van der Waals surface area contributed by atoms with Crippen LogP contribution in [-0.2, 0) is 22.6 Å². The molecule has 26 heavy (non-hydrogen) atoms. The summed E-state index contributed by atoms with van der Waals surface area (Å²) in [7, 11) is -3.76. The first kappa shape index (κ1) is 19.8. The van der Waals surface area contributed by atoms with Crippen LogP contribution in [0.15, 0.2) is 41.4 Å². The van der Waals surface area contributed by atoms with Crippen LogP contribution >= 0.6 is 0 Å². The van der Waals surface area contributed by atoms with Gasteiger partial charge in [0, 0.05) is 19.0 Å². The number of alkyl halides is 3. The third-order valence-electron chi connectivity index (χ3n) is 3.37. The van der Waals surface area contributed by atoms with Gasteiger partial charge in [-0.3, -0.25) is 0 Å². The van der Waals surface area contributed by atoms with Gasteiger partial charge in [-0.15, -0.1) is 0 Å². The van der Waals surface area contributed by atoms with E-state index in [0.717, 1.165) is 18.4 Å². The minimum absolute atomic E-state index is 0.128. The lowest BCUT2D eigenvalue weighted by Crippen LogP contribution is -2.14. The number of benzene rings is 1. The molecule has 0 fully saturated rings. The Morgan fingerprint density at radius 1 is 1.27 bits per heavy atom. The monoisotopic (exact) mass is 384 g/mol. The summed E-state index contributed by atoms with van der Waals surface area (Å²) in [6, 6.07) is 6.09. The van der Waals surface area contributed by atoms with E-state index in [1.54, 1.807) is 12.1 Å². The van der Waals surface area contributed by atoms with Crippen molar-refractivity contribution in [3.8, 4) is 11.8 Å². The van der Waals surface area contributed by atoms with Gasteiger partial charge in [-0.1, -0.05) is 17.9 Å². The van der Waals surface area contributed by atoms with Crippen LogP contribution in [0.2, 0.25) is 0 Å². The van der Waals surface area contributed by atoms with Crippen LogP contribution in [0, 0.1) is 11.8 Å². The number of nitrogens with zero attached hydrogens (tertiary/aromatic N) is 1. The molecule has 1 heterocycles. The number of halogens is 3. The highest BCUT2D eigenvalue weighted by atomic mass is 32.2. The summed E-state index contributed by atoms with van der Waals surface area (Å²) in [5, 5.41) is 11.5. The number of anilines is 1. The third kappa shape index (κ3) is 4.97. The number of nitrogens with one attached hydrogen (secondary N) is 1. The van der Waals surface area contributed by atoms with E-state index in [1.807, 2.05) is 0 Å². The minimum Gasteiger partial charge on any atom is -0.384 e. The fraction of sp³-hybridized carbons (Fsp3) is 0.235. The molecular formula is C17H15F3N2O3S. The van der Waals surface area contributed by atoms with Crippen LogP contribution in [0.4, 0.5) is 19.0 Å². The van der Waals surface area contributed by atoms with Crippen LogP contribution in [0.25, 0.3) is 0 Å². The molecular weight excluding hydrogens is 369 g/mol. The fourth-order valence-electron chi connectivity index (χ4n) is 2.16. The summed E-state index contributed by atoms with van der Waals surface area (Å²) < 4.78 is 62.9. The molecule has 2 aromatic rings. The zero-order valence-electron chi connectivity index (χ0n) is 13.6. The highest BCUT2D eigenvalue weighted by molar-refractivity contribution is 7.90. The maximum atomic E-state index is 13.3. The maximum absolute atomic E-state index is 13.3. The van der Waals surface area contributed by atoms with E-state index in [0.29, 0.717) is 11.6 Å². The molecule has 2 N–H and O–H groups in total. The summed E-state index contributed by atoms with van der Waals surface area (Å²) >= 11 is 0. The van der Waals surface area contributed by atoms with Gasteiger partial charge in [-0.05, 0) is 29.8 Å². The fourth-order valence-corrected chi connectivity index (χ4v) is 2.81. The van der Waals surface area contributed by atoms with E-state index in [2.05, 4.69) is 22.1 Å². The van der Waals surface area contributed by atoms with Crippen molar-refractivity contribution in [2.75, 3.05) is 18.2 Å². The molecule has 0 aliphatic carbocycles. The molecule has 2 rings (SSSR count). The third-order valence-corrected chi connectivity index (χ3v) is 4.48. The van der Waals surface area contributed by atoms with Gasteiger partial charge < -0.3 is 10.4 Å². The largest absolute Gasteiger partial charge is 0.416 e. The van der Waals surface area contributed by atoms with Crippen LogP contribution in [0.5, 0.6) is 0 Å². The van der Waals surface area contributed by atoms with Gasteiger partial charge in [0.15, 0.2) is 9.84 Å². The SMILES string of the molecule is CS(=O)(=O)c1ccc(CNc2ncccc2C#CCO)c(C(F)(F)F)c1.